The molecule has 2 rings (SSSR count). The number of nitrogen functional groups attached to an aromatic ring is 1. The average Bonchev–Trinajstić information content (AvgIpc) is 2.66. The molecule has 3 N–H and O–H groups in total. The zero-order valence-corrected chi connectivity index (χ0v) is 19.3. The van der Waals surface area contributed by atoms with Crippen LogP contribution in [-0.4, -0.2) is 28.3 Å². The van der Waals surface area contributed by atoms with Gasteiger partial charge in [0, 0.05) is 22.1 Å². The lowest BCUT2D eigenvalue weighted by Crippen LogP contribution is -2.16. The minimum atomic E-state index is -3.21. The maximum atomic E-state index is 11.4. The van der Waals surface area contributed by atoms with Crippen molar-refractivity contribution in [3.63, 3.8) is 0 Å². The minimum Gasteiger partial charge on any atom is -0.399 e. The lowest BCUT2D eigenvalue weighted by molar-refractivity contribution is 0.597. The van der Waals surface area contributed by atoms with E-state index in [9.17, 15) is 16.8 Å². The Kier molecular flexibility index (Phi) is 14.2. The van der Waals surface area contributed by atoms with Crippen LogP contribution in [0.25, 0.3) is 0 Å². The number of unbranched alkanes of at least 4 members (excludes halogenated alkanes) is 2. The second-order valence-electron chi connectivity index (χ2n) is 6.15. The monoisotopic (exact) mass is 462 g/mol. The van der Waals surface area contributed by atoms with Crippen LogP contribution < -0.4 is 10.5 Å². The van der Waals surface area contributed by atoms with Crippen molar-refractivity contribution >= 4 is 41.1 Å². The first-order valence-corrected chi connectivity index (χ1v) is 13.5. The maximum absolute atomic E-state index is 11.4. The molecule has 0 atom stereocenters. The molecule has 0 aromatic heterocycles. The van der Waals surface area contributed by atoms with E-state index in [0.717, 1.165) is 18.5 Å². The Hall–Kier alpha value is -1.77. The summed E-state index contributed by atoms with van der Waals surface area (Å²) in [6, 6.07) is 18.4. The van der Waals surface area contributed by atoms with Gasteiger partial charge in [0.05, 0.1) is 11.5 Å². The third kappa shape index (κ3) is 18.0. The molecule has 0 saturated heterocycles. The largest absolute Gasteiger partial charge is 0.399 e. The summed E-state index contributed by atoms with van der Waals surface area (Å²) in [6.07, 6.45) is 3.11. The second kappa shape index (κ2) is 15.1. The first-order valence-electron chi connectivity index (χ1n) is 9.38. The van der Waals surface area contributed by atoms with Crippen molar-refractivity contribution in [2.45, 2.75) is 39.5 Å². The number of nitrogens with one attached hydrogen (secondary N) is 1. The summed E-state index contributed by atoms with van der Waals surface area (Å²) in [7, 11) is -1.48. The van der Waals surface area contributed by atoms with E-state index in [-0.39, 0.29) is 11.5 Å². The zero-order chi connectivity index (χ0) is 22.2. The normalized spacial score (nSPS) is 10.7. The third-order valence-electron chi connectivity index (χ3n) is 3.36. The first-order chi connectivity index (χ1) is 13.6. The fourth-order valence-corrected chi connectivity index (χ4v) is 4.07. The van der Waals surface area contributed by atoms with E-state index in [1.807, 2.05) is 50.2 Å². The Bertz CT molecular complexity index is 860. The second-order valence-corrected chi connectivity index (χ2v) is 10.9. The average molecular weight is 463 g/mol. The summed E-state index contributed by atoms with van der Waals surface area (Å²) < 4.78 is 45.7. The van der Waals surface area contributed by atoms with Gasteiger partial charge < -0.3 is 5.73 Å². The van der Waals surface area contributed by atoms with Crippen LogP contribution in [0.1, 0.15) is 39.5 Å². The van der Waals surface area contributed by atoms with Gasteiger partial charge in [-0.2, -0.15) is 0 Å². The molecule has 164 valence electrons. The Balaban J connectivity index is 0.000000444. The van der Waals surface area contributed by atoms with Crippen molar-refractivity contribution in [2.75, 3.05) is 22.0 Å². The first kappa shape index (κ1) is 27.2. The summed E-state index contributed by atoms with van der Waals surface area (Å²) in [5.41, 5.74) is 6.81. The molecule has 0 aliphatic carbocycles. The van der Waals surface area contributed by atoms with E-state index in [1.54, 1.807) is 24.3 Å². The van der Waals surface area contributed by atoms with Gasteiger partial charge in [0.1, 0.15) is 0 Å². The van der Waals surface area contributed by atoms with Crippen LogP contribution >= 0.6 is 10.7 Å². The summed E-state index contributed by atoms with van der Waals surface area (Å²) >= 11 is 0. The van der Waals surface area contributed by atoms with Crippen molar-refractivity contribution in [3.8, 4) is 0 Å². The molecular formula is C20H31ClN2O4S2. The van der Waals surface area contributed by atoms with E-state index in [4.69, 9.17) is 16.4 Å². The fourth-order valence-electron chi connectivity index (χ4n) is 1.84. The molecule has 0 saturated carbocycles. The number of nitrogens with two attached hydrogens (primary N) is 1. The van der Waals surface area contributed by atoms with Gasteiger partial charge in [-0.15, -0.1) is 0 Å². The van der Waals surface area contributed by atoms with Gasteiger partial charge in [-0.3, -0.25) is 4.72 Å². The predicted octanol–water partition coefficient (Wildman–Crippen LogP) is 4.85. The highest BCUT2D eigenvalue weighted by Gasteiger charge is 2.08. The molecule has 0 heterocycles. The highest BCUT2D eigenvalue weighted by Crippen LogP contribution is 2.08. The van der Waals surface area contributed by atoms with Gasteiger partial charge in [-0.1, -0.05) is 63.1 Å². The lowest BCUT2D eigenvalue weighted by atomic mass is 10.3. The summed E-state index contributed by atoms with van der Waals surface area (Å²) in [5.74, 6) is 0.295. The minimum absolute atomic E-state index is 0.102. The topological polar surface area (TPSA) is 106 Å². The fraction of sp³-hybridized carbons (Fsp3) is 0.400. The van der Waals surface area contributed by atoms with Crippen molar-refractivity contribution in [3.05, 3.63) is 60.7 Å². The van der Waals surface area contributed by atoms with Gasteiger partial charge in [0.15, 0.2) is 0 Å². The van der Waals surface area contributed by atoms with Gasteiger partial charge >= 0.3 is 0 Å². The smallest absolute Gasteiger partial charge is 0.232 e. The summed E-state index contributed by atoms with van der Waals surface area (Å²) in [4.78, 5) is 0. The van der Waals surface area contributed by atoms with E-state index >= 15 is 0 Å². The molecule has 2 aromatic carbocycles. The zero-order valence-electron chi connectivity index (χ0n) is 16.9. The number of hydrogen-bond donors (Lipinski definition) is 2. The Labute approximate surface area is 180 Å². The maximum Gasteiger partial charge on any atom is 0.232 e. The number of rotatable bonds is 8. The summed E-state index contributed by atoms with van der Waals surface area (Å²) in [6.45, 7) is 3.89. The van der Waals surface area contributed by atoms with Crippen LogP contribution in [0.2, 0.25) is 0 Å². The number of halogens is 1. The predicted molar refractivity (Wildman–Crippen MR) is 124 cm³/mol. The van der Waals surface area contributed by atoms with Crippen LogP contribution in [0.4, 0.5) is 11.4 Å². The van der Waals surface area contributed by atoms with E-state index in [0.29, 0.717) is 18.5 Å². The molecule has 2 aromatic rings. The standard InChI is InChI=1S/C10H15NO2S.C6H7N.C4H9ClO2S/c1-2-3-9-14(12,13)11-10-7-5-4-6-8-10;7-6-4-2-1-3-5-6;1-2-3-4-8(5,6)7/h4-8,11H,2-3,9H2,1H3;1-5H,7H2;2-4H2,1H3. The van der Waals surface area contributed by atoms with Crippen molar-refractivity contribution < 1.29 is 16.8 Å². The molecular weight excluding hydrogens is 432 g/mol. The van der Waals surface area contributed by atoms with E-state index < -0.39 is 19.1 Å². The Morgan fingerprint density at radius 1 is 0.793 bits per heavy atom. The number of anilines is 2. The number of para-hydroxylation sites is 2. The van der Waals surface area contributed by atoms with E-state index in [1.165, 1.54) is 0 Å². The van der Waals surface area contributed by atoms with Crippen LogP contribution in [-0.2, 0) is 19.1 Å². The molecule has 0 unspecified atom stereocenters. The van der Waals surface area contributed by atoms with Crippen LogP contribution in [0.3, 0.4) is 0 Å². The Morgan fingerprint density at radius 2 is 1.24 bits per heavy atom. The van der Waals surface area contributed by atoms with Crippen LogP contribution in [0.15, 0.2) is 60.7 Å². The van der Waals surface area contributed by atoms with Crippen LogP contribution in [0, 0.1) is 0 Å². The molecule has 6 nitrogen and oxygen atoms in total. The lowest BCUT2D eigenvalue weighted by Gasteiger charge is -2.06. The molecule has 0 amide bonds. The molecule has 29 heavy (non-hydrogen) atoms. The molecule has 0 spiro atoms. The molecule has 0 bridgehead atoms. The Morgan fingerprint density at radius 3 is 1.59 bits per heavy atom. The van der Waals surface area contributed by atoms with Crippen LogP contribution in [0.5, 0.6) is 0 Å². The van der Waals surface area contributed by atoms with Gasteiger partial charge in [-0.05, 0) is 37.1 Å². The molecule has 0 aliphatic rings. The molecule has 0 radical (unpaired) electrons. The highest BCUT2D eigenvalue weighted by atomic mass is 35.7. The van der Waals surface area contributed by atoms with Crippen molar-refractivity contribution in [2.24, 2.45) is 0 Å². The van der Waals surface area contributed by atoms with Gasteiger partial charge in [0.2, 0.25) is 19.1 Å². The number of sulfonamides is 1. The molecule has 0 aliphatic heterocycles. The van der Waals surface area contributed by atoms with Gasteiger partial charge in [-0.25, -0.2) is 16.8 Å². The quantitative estimate of drug-likeness (QED) is 0.430. The molecule has 0 fully saturated rings. The SMILES string of the molecule is CCCCS(=O)(=O)Cl.CCCCS(=O)(=O)Nc1ccccc1.Nc1ccccc1. The molecule has 9 heteroatoms. The highest BCUT2D eigenvalue weighted by molar-refractivity contribution is 8.13. The van der Waals surface area contributed by atoms with E-state index in [2.05, 4.69) is 4.72 Å². The summed E-state index contributed by atoms with van der Waals surface area (Å²) in [5, 5.41) is 0. The third-order valence-corrected chi connectivity index (χ3v) is 5.97. The van der Waals surface area contributed by atoms with Crippen molar-refractivity contribution in [1.82, 2.24) is 0 Å². The van der Waals surface area contributed by atoms with Crippen molar-refractivity contribution in [1.29, 1.82) is 0 Å². The number of benzene rings is 2. The number of hydrogen-bond acceptors (Lipinski definition) is 5. The van der Waals surface area contributed by atoms with Gasteiger partial charge in [0.25, 0.3) is 0 Å².